The van der Waals surface area contributed by atoms with Gasteiger partial charge in [0.25, 0.3) is 5.91 Å². The van der Waals surface area contributed by atoms with Crippen LogP contribution in [-0.2, 0) is 26.5 Å². The molecule has 2 N–H and O–H groups in total. The minimum atomic E-state index is -2.96. The molecule has 2 amide bonds. The third-order valence-corrected chi connectivity index (χ3v) is 14.5. The van der Waals surface area contributed by atoms with Crippen LogP contribution in [0.5, 0.6) is 0 Å². The standard InChI is InChI=1S/C46H56N6O5Si/c1-31(2)14-13-15-32(3)24-27-51-41-22-20-36(52-43(54)23-21-39(48-52)35-18-11-8-12-19-35)28-38(41)46(45(51)55)33(4)44(58(5,6)56)42(57-46)25-26-50-29-40(47-49-50)37(30-53)34-16-9-7-10-17-34/h7-12,14,16-20,22,24,28-29,33,37,42,44,53,56H,13,15,21,23,25-27,30H2,1-6H3/b32-24+/t33-,37?,42+,44-,46+/m0/s1. The van der Waals surface area contributed by atoms with Crippen molar-refractivity contribution in [3.63, 3.8) is 0 Å². The van der Waals surface area contributed by atoms with Gasteiger partial charge in [0.05, 0.1) is 41.4 Å². The number of benzene rings is 3. The van der Waals surface area contributed by atoms with Gasteiger partial charge in [-0.25, -0.2) is 5.01 Å². The summed E-state index contributed by atoms with van der Waals surface area (Å²) in [5, 5.41) is 25.4. The second-order valence-corrected chi connectivity index (χ2v) is 20.8. The van der Waals surface area contributed by atoms with E-state index in [9.17, 15) is 14.7 Å². The van der Waals surface area contributed by atoms with Crippen LogP contribution in [0.4, 0.5) is 11.4 Å². The summed E-state index contributed by atoms with van der Waals surface area (Å²) in [4.78, 5) is 42.5. The lowest BCUT2D eigenvalue weighted by Crippen LogP contribution is -2.46. The number of aromatic nitrogens is 3. The van der Waals surface area contributed by atoms with Crippen LogP contribution in [0.3, 0.4) is 0 Å². The highest BCUT2D eigenvalue weighted by Crippen LogP contribution is 2.60. The molecule has 0 radical (unpaired) electrons. The maximum atomic E-state index is 15.2. The number of carbonyl (C=O) groups is 2. The first-order valence-corrected chi connectivity index (χ1v) is 23.5. The Balaban J connectivity index is 1.24. The monoisotopic (exact) mass is 800 g/mol. The SMILES string of the molecule is CC(C)=CCC/C(C)=C/CN1C(=O)[C@]2(O[C@H](CCn3cc(C(CO)c4ccccc4)nn3)[C@@H]([Si](C)(C)O)[C@@H]2C)c2cc(N3N=C(c4ccccc4)CCC3=O)ccc21. The van der Waals surface area contributed by atoms with Crippen molar-refractivity contribution in [2.45, 2.75) is 103 Å². The van der Waals surface area contributed by atoms with Crippen LogP contribution in [0, 0.1) is 5.92 Å². The average Bonchev–Trinajstić information content (AvgIpc) is 3.86. The Kier molecular flexibility index (Phi) is 12.1. The predicted octanol–water partition coefficient (Wildman–Crippen LogP) is 7.86. The fraction of sp³-hybridized carbons (Fsp3) is 0.413. The number of fused-ring (bicyclic) bond motifs is 2. The summed E-state index contributed by atoms with van der Waals surface area (Å²) in [5.74, 6) is -0.980. The highest BCUT2D eigenvalue weighted by Gasteiger charge is 2.66. The van der Waals surface area contributed by atoms with Gasteiger partial charge in [0, 0.05) is 49.2 Å². The number of hydrazone groups is 1. The van der Waals surface area contributed by atoms with Gasteiger partial charge >= 0.3 is 0 Å². The van der Waals surface area contributed by atoms with Gasteiger partial charge in [-0.3, -0.25) is 14.3 Å². The van der Waals surface area contributed by atoms with Gasteiger partial charge in [-0.2, -0.15) is 5.10 Å². The molecule has 3 aliphatic heterocycles. The van der Waals surface area contributed by atoms with Crippen LogP contribution < -0.4 is 9.91 Å². The number of hydrogen-bond donors (Lipinski definition) is 2. The summed E-state index contributed by atoms with van der Waals surface area (Å²) in [6.45, 7) is 12.9. The topological polar surface area (TPSA) is 133 Å². The van der Waals surface area contributed by atoms with E-state index in [1.54, 1.807) is 4.68 Å². The maximum absolute atomic E-state index is 15.2. The van der Waals surface area contributed by atoms with E-state index in [2.05, 4.69) is 43.2 Å². The van der Waals surface area contributed by atoms with Gasteiger partial charge in [-0.1, -0.05) is 96.1 Å². The Morgan fingerprint density at radius 3 is 2.41 bits per heavy atom. The molecule has 1 unspecified atom stereocenters. The molecule has 1 fully saturated rings. The van der Waals surface area contributed by atoms with E-state index in [0.29, 0.717) is 49.3 Å². The number of allylic oxidation sites excluding steroid dienone is 3. The largest absolute Gasteiger partial charge is 0.432 e. The summed E-state index contributed by atoms with van der Waals surface area (Å²) in [7, 11) is -2.96. The number of nitrogens with zero attached hydrogens (tertiary/aromatic N) is 6. The van der Waals surface area contributed by atoms with E-state index in [0.717, 1.165) is 35.4 Å². The minimum Gasteiger partial charge on any atom is -0.432 e. The Hall–Kier alpha value is -5.01. The van der Waals surface area contributed by atoms with E-state index in [-0.39, 0.29) is 35.8 Å². The van der Waals surface area contributed by atoms with Crippen molar-refractivity contribution in [3.8, 4) is 0 Å². The van der Waals surface area contributed by atoms with E-state index in [4.69, 9.17) is 9.84 Å². The fourth-order valence-corrected chi connectivity index (χ4v) is 11.7. The fourth-order valence-electron chi connectivity index (χ4n) is 9.08. The molecule has 4 aromatic rings. The molecule has 1 saturated heterocycles. The molecule has 12 heteroatoms. The molecule has 11 nitrogen and oxygen atoms in total. The molecule has 4 heterocycles. The molecule has 304 valence electrons. The van der Waals surface area contributed by atoms with Crippen LogP contribution in [0.25, 0.3) is 0 Å². The lowest BCUT2D eigenvalue weighted by atomic mass is 9.82. The highest BCUT2D eigenvalue weighted by molar-refractivity contribution is 6.71. The summed E-state index contributed by atoms with van der Waals surface area (Å²) >= 11 is 0. The zero-order chi connectivity index (χ0) is 41.2. The van der Waals surface area contributed by atoms with Gasteiger partial charge < -0.3 is 19.5 Å². The van der Waals surface area contributed by atoms with Crippen molar-refractivity contribution in [2.75, 3.05) is 23.1 Å². The molecule has 0 bridgehead atoms. The Morgan fingerprint density at radius 2 is 1.72 bits per heavy atom. The highest BCUT2D eigenvalue weighted by atomic mass is 28.4. The summed E-state index contributed by atoms with van der Waals surface area (Å²) in [5.41, 5.74) is 6.17. The molecule has 1 aromatic heterocycles. The van der Waals surface area contributed by atoms with Crippen molar-refractivity contribution in [1.82, 2.24) is 15.0 Å². The van der Waals surface area contributed by atoms with Crippen molar-refractivity contribution in [3.05, 3.63) is 131 Å². The number of rotatable bonds is 14. The zero-order valence-electron chi connectivity index (χ0n) is 34.5. The van der Waals surface area contributed by atoms with Crippen LogP contribution >= 0.6 is 0 Å². The van der Waals surface area contributed by atoms with Crippen molar-refractivity contribution in [2.24, 2.45) is 11.0 Å². The molecule has 3 aliphatic rings. The summed E-state index contributed by atoms with van der Waals surface area (Å²) < 4.78 is 8.92. The van der Waals surface area contributed by atoms with Crippen molar-refractivity contribution in [1.29, 1.82) is 0 Å². The number of aryl methyl sites for hydroxylation is 1. The molecule has 58 heavy (non-hydrogen) atoms. The summed E-state index contributed by atoms with van der Waals surface area (Å²) in [6.07, 6.45) is 8.87. The lowest BCUT2D eigenvalue weighted by Gasteiger charge is -2.32. The molecule has 0 saturated carbocycles. The third-order valence-electron chi connectivity index (χ3n) is 12.0. The number of carbonyl (C=O) groups excluding carboxylic acids is 2. The number of aliphatic hydroxyl groups is 1. The lowest BCUT2D eigenvalue weighted by molar-refractivity contribution is -0.145. The molecule has 7 rings (SSSR count). The first kappa shape index (κ1) is 41.2. The van der Waals surface area contributed by atoms with E-state index in [1.807, 2.05) is 110 Å². The number of hydrogen-bond acceptors (Lipinski definition) is 8. The molecule has 1 spiro atoms. The van der Waals surface area contributed by atoms with Crippen LogP contribution in [-0.4, -0.2) is 70.0 Å². The van der Waals surface area contributed by atoms with Crippen LogP contribution in [0.1, 0.15) is 88.1 Å². The van der Waals surface area contributed by atoms with Gasteiger partial charge in [0.1, 0.15) is 0 Å². The van der Waals surface area contributed by atoms with Gasteiger partial charge in [-0.15, -0.1) is 5.10 Å². The van der Waals surface area contributed by atoms with E-state index < -0.39 is 20.0 Å². The Labute approximate surface area is 342 Å². The predicted molar refractivity (Wildman–Crippen MR) is 230 cm³/mol. The first-order valence-electron chi connectivity index (χ1n) is 20.5. The van der Waals surface area contributed by atoms with E-state index >= 15 is 4.79 Å². The molecular weight excluding hydrogens is 745 g/mol. The molecule has 5 atom stereocenters. The smallest absolute Gasteiger partial charge is 0.264 e. The second-order valence-electron chi connectivity index (χ2n) is 16.8. The van der Waals surface area contributed by atoms with Crippen LogP contribution in [0.2, 0.25) is 18.6 Å². The normalized spacial score (nSPS) is 22.7. The number of ether oxygens (including phenoxy) is 1. The molecule has 3 aromatic carbocycles. The molecule has 0 aliphatic carbocycles. The van der Waals surface area contributed by atoms with E-state index in [1.165, 1.54) is 16.2 Å². The van der Waals surface area contributed by atoms with Crippen LogP contribution in [0.15, 0.2) is 113 Å². The number of amides is 2. The quantitative estimate of drug-likeness (QED) is 0.0981. The minimum absolute atomic E-state index is 0.104. The van der Waals surface area contributed by atoms with Gasteiger partial charge in [0.15, 0.2) is 13.9 Å². The average molecular weight is 801 g/mol. The summed E-state index contributed by atoms with van der Waals surface area (Å²) in [6, 6.07) is 25.3. The maximum Gasteiger partial charge on any atom is 0.264 e. The number of anilines is 2. The molecular formula is C46H56N6O5Si. The second kappa shape index (κ2) is 17.1. The van der Waals surface area contributed by atoms with Gasteiger partial charge in [-0.05, 0) is 82.5 Å². The number of aliphatic hydroxyl groups excluding tert-OH is 1. The first-order chi connectivity index (χ1) is 27.8. The Bertz CT molecular complexity index is 2210. The zero-order valence-corrected chi connectivity index (χ0v) is 35.5. The third kappa shape index (κ3) is 8.16. The Morgan fingerprint density at radius 1 is 1.00 bits per heavy atom. The van der Waals surface area contributed by atoms with Gasteiger partial charge in [0.2, 0.25) is 5.91 Å². The van der Waals surface area contributed by atoms with Crippen molar-refractivity contribution < 1.29 is 24.2 Å². The van der Waals surface area contributed by atoms with Crippen molar-refractivity contribution >= 4 is 37.2 Å².